The van der Waals surface area contributed by atoms with Gasteiger partial charge in [-0.25, -0.2) is 0 Å². The molecule has 0 aliphatic carbocycles. The molecule has 174 valence electrons. The molecule has 0 heterocycles. The molecule has 0 bridgehead atoms. The van der Waals surface area contributed by atoms with E-state index in [-0.39, 0.29) is 28.9 Å². The van der Waals surface area contributed by atoms with Crippen LogP contribution in [0.15, 0.2) is 60.7 Å². The molecule has 4 aromatic carbocycles. The van der Waals surface area contributed by atoms with Gasteiger partial charge in [0.05, 0.1) is 0 Å². The van der Waals surface area contributed by atoms with Crippen LogP contribution in [0.2, 0.25) is 0 Å². The maximum Gasteiger partial charge on any atom is 0.122 e. The van der Waals surface area contributed by atoms with E-state index >= 15 is 0 Å². The Bertz CT molecular complexity index is 1290. The van der Waals surface area contributed by atoms with E-state index in [1.54, 1.807) is 12.1 Å². The highest BCUT2D eigenvalue weighted by atomic mass is 16.3. The number of hydrogen-bond donors (Lipinski definition) is 4. The highest BCUT2D eigenvalue weighted by molar-refractivity contribution is 5.72. The zero-order valence-corrected chi connectivity index (χ0v) is 20.1. The number of aromatic hydroxyl groups is 4. The Morgan fingerprint density at radius 3 is 1.18 bits per heavy atom. The van der Waals surface area contributed by atoms with Gasteiger partial charge in [0.2, 0.25) is 0 Å². The van der Waals surface area contributed by atoms with Gasteiger partial charge in [0, 0.05) is 17.0 Å². The Morgan fingerprint density at radius 1 is 0.471 bits per heavy atom. The summed E-state index contributed by atoms with van der Waals surface area (Å²) in [6.45, 7) is 9.41. The van der Waals surface area contributed by atoms with Crippen LogP contribution >= 0.6 is 0 Å². The van der Waals surface area contributed by atoms with Crippen molar-refractivity contribution in [1.82, 2.24) is 0 Å². The molecule has 0 unspecified atom stereocenters. The standard InChI is InChI=1S/C30H30O4/c1-16-10-21(6-8-27(16)31)23-12-18(3)29(33)25(14-23)20(5)26-15-24(13-19(4)30(26)34)22-7-9-28(32)17(2)11-22/h6-15,20,31-34H,1-5H3. The van der Waals surface area contributed by atoms with Gasteiger partial charge in [-0.1, -0.05) is 19.1 Å². The largest absolute Gasteiger partial charge is 0.508 e. The second-order valence-corrected chi connectivity index (χ2v) is 9.19. The lowest BCUT2D eigenvalue weighted by Crippen LogP contribution is -2.01. The van der Waals surface area contributed by atoms with Crippen molar-refractivity contribution in [2.24, 2.45) is 0 Å². The molecule has 4 rings (SSSR count). The third-order valence-corrected chi connectivity index (χ3v) is 6.65. The first-order valence-corrected chi connectivity index (χ1v) is 11.3. The minimum Gasteiger partial charge on any atom is -0.508 e. The summed E-state index contributed by atoms with van der Waals surface area (Å²) >= 11 is 0. The van der Waals surface area contributed by atoms with Crippen molar-refractivity contribution in [3.63, 3.8) is 0 Å². The first kappa shape index (κ1) is 23.2. The van der Waals surface area contributed by atoms with Crippen LogP contribution in [0, 0.1) is 27.7 Å². The smallest absolute Gasteiger partial charge is 0.122 e. The zero-order valence-electron chi connectivity index (χ0n) is 20.1. The average Bonchev–Trinajstić information content (AvgIpc) is 2.80. The summed E-state index contributed by atoms with van der Waals surface area (Å²) in [5, 5.41) is 41.7. The lowest BCUT2D eigenvalue weighted by Gasteiger charge is -2.21. The summed E-state index contributed by atoms with van der Waals surface area (Å²) in [6.07, 6.45) is 0. The van der Waals surface area contributed by atoms with Crippen LogP contribution in [-0.4, -0.2) is 20.4 Å². The van der Waals surface area contributed by atoms with Crippen LogP contribution in [-0.2, 0) is 0 Å². The van der Waals surface area contributed by atoms with Crippen molar-refractivity contribution in [1.29, 1.82) is 0 Å². The minimum atomic E-state index is -0.284. The number of rotatable bonds is 4. The third kappa shape index (κ3) is 4.19. The predicted molar refractivity (Wildman–Crippen MR) is 137 cm³/mol. The molecular weight excluding hydrogens is 424 g/mol. The topological polar surface area (TPSA) is 80.9 Å². The van der Waals surface area contributed by atoms with Crippen molar-refractivity contribution in [2.45, 2.75) is 40.5 Å². The van der Waals surface area contributed by atoms with Crippen LogP contribution in [0.1, 0.15) is 46.2 Å². The molecule has 0 spiro atoms. The molecule has 4 nitrogen and oxygen atoms in total. The summed E-state index contributed by atoms with van der Waals surface area (Å²) in [4.78, 5) is 0. The predicted octanol–water partition coefficient (Wildman–Crippen LogP) is 7.23. The monoisotopic (exact) mass is 454 g/mol. The van der Waals surface area contributed by atoms with Crippen molar-refractivity contribution < 1.29 is 20.4 Å². The first-order valence-electron chi connectivity index (χ1n) is 11.3. The average molecular weight is 455 g/mol. The third-order valence-electron chi connectivity index (χ3n) is 6.65. The Labute approximate surface area is 200 Å². The van der Waals surface area contributed by atoms with Gasteiger partial charge in [-0.2, -0.15) is 0 Å². The number of benzene rings is 4. The fraction of sp³-hybridized carbons (Fsp3) is 0.200. The maximum atomic E-state index is 11.0. The Morgan fingerprint density at radius 2 is 0.824 bits per heavy atom. The van der Waals surface area contributed by atoms with Crippen molar-refractivity contribution in [3.05, 3.63) is 94.0 Å². The second-order valence-electron chi connectivity index (χ2n) is 9.19. The zero-order chi connectivity index (χ0) is 24.7. The summed E-state index contributed by atoms with van der Waals surface area (Å²) in [5.74, 6) is 0.613. The first-order chi connectivity index (χ1) is 16.1. The van der Waals surface area contributed by atoms with Crippen LogP contribution in [0.3, 0.4) is 0 Å². The highest BCUT2D eigenvalue weighted by Crippen LogP contribution is 2.42. The molecule has 0 aliphatic rings. The van der Waals surface area contributed by atoms with Gasteiger partial charge in [0.25, 0.3) is 0 Å². The van der Waals surface area contributed by atoms with E-state index in [0.717, 1.165) is 55.6 Å². The molecule has 0 aliphatic heterocycles. The molecule has 0 aromatic heterocycles. The van der Waals surface area contributed by atoms with Gasteiger partial charge in [0.15, 0.2) is 0 Å². The quantitative estimate of drug-likeness (QED) is 0.262. The normalized spacial score (nSPS) is 11.2. The van der Waals surface area contributed by atoms with Gasteiger partial charge in [0.1, 0.15) is 23.0 Å². The molecule has 34 heavy (non-hydrogen) atoms. The minimum absolute atomic E-state index is 0.203. The summed E-state index contributed by atoms with van der Waals surface area (Å²) in [6, 6.07) is 18.7. The van der Waals surface area contributed by atoms with E-state index in [2.05, 4.69) is 0 Å². The second kappa shape index (κ2) is 8.79. The van der Waals surface area contributed by atoms with Crippen molar-refractivity contribution >= 4 is 0 Å². The molecule has 0 saturated carbocycles. The van der Waals surface area contributed by atoms with E-state index in [4.69, 9.17) is 0 Å². The van der Waals surface area contributed by atoms with Gasteiger partial charge >= 0.3 is 0 Å². The van der Waals surface area contributed by atoms with Crippen LogP contribution in [0.5, 0.6) is 23.0 Å². The number of aryl methyl sites for hydroxylation is 4. The Hall–Kier alpha value is -3.92. The molecule has 0 fully saturated rings. The van der Waals surface area contributed by atoms with Crippen LogP contribution in [0.25, 0.3) is 22.3 Å². The molecule has 0 amide bonds. The molecule has 4 N–H and O–H groups in total. The summed E-state index contributed by atoms with van der Waals surface area (Å²) in [5.41, 5.74) is 8.23. The summed E-state index contributed by atoms with van der Waals surface area (Å²) < 4.78 is 0. The van der Waals surface area contributed by atoms with E-state index in [1.807, 2.05) is 83.1 Å². The molecule has 0 saturated heterocycles. The highest BCUT2D eigenvalue weighted by Gasteiger charge is 2.21. The van der Waals surface area contributed by atoms with E-state index in [9.17, 15) is 20.4 Å². The fourth-order valence-electron chi connectivity index (χ4n) is 4.44. The van der Waals surface area contributed by atoms with Gasteiger partial charge in [-0.3, -0.25) is 0 Å². The maximum absolute atomic E-state index is 11.0. The SMILES string of the molecule is Cc1cc(-c2cc(C)c(O)c(C(C)c3cc(-c4ccc(O)c(C)c4)cc(C)c3O)c2)ccc1O. The molecule has 4 heteroatoms. The van der Waals surface area contributed by atoms with Gasteiger partial charge < -0.3 is 20.4 Å². The Balaban J connectivity index is 1.84. The van der Waals surface area contributed by atoms with E-state index < -0.39 is 0 Å². The Kier molecular flexibility index (Phi) is 6.01. The lowest BCUT2D eigenvalue weighted by atomic mass is 9.85. The molecule has 0 atom stereocenters. The fourth-order valence-corrected chi connectivity index (χ4v) is 4.44. The molecule has 0 radical (unpaired) electrons. The molecular formula is C30H30O4. The van der Waals surface area contributed by atoms with Crippen molar-refractivity contribution in [3.8, 4) is 45.3 Å². The van der Waals surface area contributed by atoms with E-state index in [0.29, 0.717) is 0 Å². The lowest BCUT2D eigenvalue weighted by molar-refractivity contribution is 0.452. The number of phenols is 4. The molecule has 4 aromatic rings. The van der Waals surface area contributed by atoms with Gasteiger partial charge in [-0.05, 0) is 121 Å². The van der Waals surface area contributed by atoms with Crippen LogP contribution in [0.4, 0.5) is 0 Å². The number of phenolic OH excluding ortho intramolecular Hbond substituents is 4. The van der Waals surface area contributed by atoms with Gasteiger partial charge in [-0.15, -0.1) is 0 Å². The van der Waals surface area contributed by atoms with Crippen molar-refractivity contribution in [2.75, 3.05) is 0 Å². The van der Waals surface area contributed by atoms with Crippen LogP contribution < -0.4 is 0 Å². The van der Waals surface area contributed by atoms with E-state index in [1.165, 1.54) is 0 Å². The number of hydrogen-bond acceptors (Lipinski definition) is 4. The summed E-state index contributed by atoms with van der Waals surface area (Å²) in [7, 11) is 0.